The summed E-state index contributed by atoms with van der Waals surface area (Å²) in [5.74, 6) is 1.92. The summed E-state index contributed by atoms with van der Waals surface area (Å²) in [6.45, 7) is 2.99. The topological polar surface area (TPSA) is 46.0 Å². The maximum atomic E-state index is 4.38. The largest absolute Gasteiger partial charge is 0.377 e. The minimum absolute atomic E-state index is 0.686. The second kappa shape index (κ2) is 6.26. The van der Waals surface area contributed by atoms with Crippen LogP contribution in [0.2, 0.25) is 0 Å². The number of nitrogens with one attached hydrogen (secondary N) is 1. The van der Waals surface area contributed by atoms with Crippen molar-refractivity contribution in [3.8, 4) is 0 Å². The van der Waals surface area contributed by atoms with E-state index in [2.05, 4.69) is 51.1 Å². The van der Waals surface area contributed by atoms with Gasteiger partial charge in [0.25, 0.3) is 0 Å². The summed E-state index contributed by atoms with van der Waals surface area (Å²) in [5.41, 5.74) is 2.49. The highest BCUT2D eigenvalue weighted by Crippen LogP contribution is 2.19. The highest BCUT2D eigenvalue weighted by molar-refractivity contribution is 5.50. The van der Waals surface area contributed by atoms with Crippen LogP contribution in [-0.4, -0.2) is 35.2 Å². The molecule has 0 aromatic carbocycles. The first-order valence-electron chi connectivity index (χ1n) is 7.55. The highest BCUT2D eigenvalue weighted by atomic mass is 15.1. The van der Waals surface area contributed by atoms with Crippen molar-refractivity contribution in [1.82, 2.24) is 19.9 Å². The summed E-state index contributed by atoms with van der Waals surface area (Å²) < 4.78 is 2.28. The molecule has 1 aliphatic rings. The van der Waals surface area contributed by atoms with Crippen LogP contribution in [0.3, 0.4) is 0 Å². The van der Waals surface area contributed by atoms with Gasteiger partial charge in [-0.1, -0.05) is 0 Å². The van der Waals surface area contributed by atoms with Crippen molar-refractivity contribution in [3.63, 3.8) is 0 Å². The number of fused-ring (bicyclic) bond motifs is 1. The first kappa shape index (κ1) is 14.1. The van der Waals surface area contributed by atoms with E-state index in [0.717, 1.165) is 26.1 Å². The van der Waals surface area contributed by atoms with Gasteiger partial charge in [-0.2, -0.15) is 0 Å². The van der Waals surface area contributed by atoms with Crippen LogP contribution in [0.25, 0.3) is 0 Å². The smallest absolute Gasteiger partial charge is 0.108 e. The molecule has 0 spiro atoms. The quantitative estimate of drug-likeness (QED) is 0.908. The van der Waals surface area contributed by atoms with Gasteiger partial charge in [-0.25, -0.2) is 4.98 Å². The predicted octanol–water partition coefficient (Wildman–Crippen LogP) is 1.70. The van der Waals surface area contributed by atoms with Crippen LogP contribution in [0.5, 0.6) is 0 Å². The normalized spacial score (nSPS) is 17.5. The third-order valence-electron chi connectivity index (χ3n) is 4.14. The van der Waals surface area contributed by atoms with Gasteiger partial charge in [0.15, 0.2) is 0 Å². The lowest BCUT2D eigenvalue weighted by molar-refractivity contribution is 0.347. The predicted molar refractivity (Wildman–Crippen MR) is 84.3 cm³/mol. The first-order chi connectivity index (χ1) is 10.2. The molecule has 0 bridgehead atoms. The number of nitrogens with zero attached hydrogens (tertiary/aromatic N) is 4. The Hall–Kier alpha value is -1.88. The van der Waals surface area contributed by atoms with E-state index in [1.807, 2.05) is 18.6 Å². The van der Waals surface area contributed by atoms with Gasteiger partial charge in [0.05, 0.1) is 0 Å². The monoisotopic (exact) mass is 285 g/mol. The Morgan fingerprint density at radius 1 is 1.38 bits per heavy atom. The molecule has 0 aliphatic carbocycles. The molecule has 1 atom stereocenters. The van der Waals surface area contributed by atoms with E-state index in [-0.39, 0.29) is 0 Å². The molecule has 1 aliphatic heterocycles. The number of hydrogen-bond acceptors (Lipinski definition) is 4. The fourth-order valence-electron chi connectivity index (χ4n) is 3.01. The highest BCUT2D eigenvalue weighted by Gasteiger charge is 2.18. The van der Waals surface area contributed by atoms with Crippen molar-refractivity contribution in [2.75, 3.05) is 25.5 Å². The molecule has 5 heteroatoms. The number of aryl methyl sites for hydroxylation is 1. The maximum absolute atomic E-state index is 4.38. The van der Waals surface area contributed by atoms with E-state index in [4.69, 9.17) is 0 Å². The molecule has 2 aromatic heterocycles. The van der Waals surface area contributed by atoms with E-state index in [1.54, 1.807) is 0 Å². The van der Waals surface area contributed by atoms with Crippen molar-refractivity contribution in [1.29, 1.82) is 0 Å². The zero-order valence-corrected chi connectivity index (χ0v) is 12.8. The number of rotatable bonds is 5. The molecule has 21 heavy (non-hydrogen) atoms. The van der Waals surface area contributed by atoms with Crippen LogP contribution in [0.4, 0.5) is 5.69 Å². The minimum atomic E-state index is 0.686. The van der Waals surface area contributed by atoms with Crippen LogP contribution in [0, 0.1) is 5.92 Å². The molecule has 3 heterocycles. The Morgan fingerprint density at radius 2 is 2.29 bits per heavy atom. The summed E-state index contributed by atoms with van der Waals surface area (Å²) in [4.78, 5) is 10.8. The van der Waals surface area contributed by atoms with E-state index < -0.39 is 0 Å². The molecule has 2 aromatic rings. The standard InChI is InChI=1S/C16H23N5/c1-20(2)15-5-6-17-10-14(15)11-18-9-13-3-4-16-19-7-8-21(16)12-13/h5-8,10,13,18H,3-4,9,11-12H2,1-2H3. The number of pyridine rings is 1. The summed E-state index contributed by atoms with van der Waals surface area (Å²) in [6, 6.07) is 2.06. The Balaban J connectivity index is 1.53. The van der Waals surface area contributed by atoms with Crippen LogP contribution < -0.4 is 10.2 Å². The number of hydrogen-bond donors (Lipinski definition) is 1. The fourth-order valence-corrected chi connectivity index (χ4v) is 3.01. The van der Waals surface area contributed by atoms with Crippen LogP contribution in [-0.2, 0) is 19.5 Å². The Morgan fingerprint density at radius 3 is 3.14 bits per heavy atom. The molecule has 1 unspecified atom stereocenters. The molecule has 0 fully saturated rings. The summed E-state index contributed by atoms with van der Waals surface area (Å²) in [5, 5.41) is 3.59. The molecule has 0 saturated heterocycles. The number of imidazole rings is 1. The molecular weight excluding hydrogens is 262 g/mol. The van der Waals surface area contributed by atoms with Gasteiger partial charge in [0, 0.05) is 69.6 Å². The summed E-state index contributed by atoms with van der Waals surface area (Å²) >= 11 is 0. The maximum Gasteiger partial charge on any atom is 0.108 e. The van der Waals surface area contributed by atoms with Gasteiger partial charge in [-0.3, -0.25) is 4.98 Å². The Labute approximate surface area is 126 Å². The van der Waals surface area contributed by atoms with Gasteiger partial charge in [-0.05, 0) is 24.9 Å². The third-order valence-corrected chi connectivity index (χ3v) is 4.14. The van der Waals surface area contributed by atoms with Crippen LogP contribution in [0.15, 0.2) is 30.9 Å². The Bertz CT molecular complexity index is 590. The van der Waals surface area contributed by atoms with Crippen molar-refractivity contribution in [2.24, 2.45) is 5.92 Å². The lowest BCUT2D eigenvalue weighted by Gasteiger charge is -2.24. The van der Waals surface area contributed by atoms with Gasteiger partial charge >= 0.3 is 0 Å². The lowest BCUT2D eigenvalue weighted by Crippen LogP contribution is -2.30. The van der Waals surface area contributed by atoms with Crippen molar-refractivity contribution >= 4 is 5.69 Å². The van der Waals surface area contributed by atoms with Crippen LogP contribution >= 0.6 is 0 Å². The van der Waals surface area contributed by atoms with Crippen molar-refractivity contribution in [3.05, 3.63) is 42.2 Å². The molecule has 3 rings (SSSR count). The lowest BCUT2D eigenvalue weighted by atomic mass is 9.99. The van der Waals surface area contributed by atoms with E-state index in [9.17, 15) is 0 Å². The van der Waals surface area contributed by atoms with Crippen LogP contribution in [0.1, 0.15) is 17.8 Å². The van der Waals surface area contributed by atoms with E-state index in [0.29, 0.717) is 5.92 Å². The zero-order chi connectivity index (χ0) is 14.7. The van der Waals surface area contributed by atoms with Gasteiger partial charge in [0.1, 0.15) is 5.82 Å². The molecule has 0 saturated carbocycles. The van der Waals surface area contributed by atoms with E-state index in [1.165, 1.54) is 23.5 Å². The average molecular weight is 285 g/mol. The third kappa shape index (κ3) is 3.24. The van der Waals surface area contributed by atoms with Gasteiger partial charge in [0.2, 0.25) is 0 Å². The molecular formula is C16H23N5. The second-order valence-corrected chi connectivity index (χ2v) is 5.93. The average Bonchev–Trinajstić information content (AvgIpc) is 2.95. The van der Waals surface area contributed by atoms with E-state index >= 15 is 0 Å². The minimum Gasteiger partial charge on any atom is -0.377 e. The summed E-state index contributed by atoms with van der Waals surface area (Å²) in [6.07, 6.45) is 10.1. The molecule has 5 nitrogen and oxygen atoms in total. The molecule has 1 N–H and O–H groups in total. The van der Waals surface area contributed by atoms with Crippen molar-refractivity contribution in [2.45, 2.75) is 25.9 Å². The Kier molecular flexibility index (Phi) is 4.20. The summed E-state index contributed by atoms with van der Waals surface area (Å²) in [7, 11) is 4.14. The number of anilines is 1. The van der Waals surface area contributed by atoms with Gasteiger partial charge in [-0.15, -0.1) is 0 Å². The fraction of sp³-hybridized carbons (Fsp3) is 0.500. The molecule has 0 radical (unpaired) electrons. The molecule has 112 valence electrons. The van der Waals surface area contributed by atoms with Crippen molar-refractivity contribution < 1.29 is 0 Å². The molecule has 0 amide bonds. The zero-order valence-electron chi connectivity index (χ0n) is 12.8. The SMILES string of the molecule is CN(C)c1ccncc1CNCC1CCc2nccn2C1. The number of aromatic nitrogens is 3. The second-order valence-electron chi connectivity index (χ2n) is 5.93. The first-order valence-corrected chi connectivity index (χ1v) is 7.55. The van der Waals surface area contributed by atoms with Gasteiger partial charge < -0.3 is 14.8 Å².